The fourth-order valence-corrected chi connectivity index (χ4v) is 7.20. The number of nitrogens with one attached hydrogen (secondary N) is 3. The zero-order valence-corrected chi connectivity index (χ0v) is 28.9. The third-order valence-electron chi connectivity index (χ3n) is 9.93. The molecule has 2 fully saturated rings. The zero-order valence-electron chi connectivity index (χ0n) is 28.9. The molecule has 4 aromatic heterocycles. The fraction of sp³-hybridized carbons (Fsp3) is 0.378. The van der Waals surface area contributed by atoms with Crippen molar-refractivity contribution in [3.63, 3.8) is 0 Å². The van der Waals surface area contributed by atoms with Crippen molar-refractivity contribution in [3.05, 3.63) is 103 Å². The Morgan fingerprint density at radius 3 is 2.35 bits per heavy atom. The van der Waals surface area contributed by atoms with Gasteiger partial charge in [-0.3, -0.25) is 33.4 Å². The average Bonchev–Trinajstić information content (AvgIpc) is 3.66. The summed E-state index contributed by atoms with van der Waals surface area (Å²) in [6.45, 7) is 8.78. The molecule has 1 aliphatic carbocycles. The Kier molecular flexibility index (Phi) is 9.75. The maximum absolute atomic E-state index is 13.5. The molecule has 14 heteroatoms. The second-order valence-electron chi connectivity index (χ2n) is 13.3. The highest BCUT2D eigenvalue weighted by Crippen LogP contribution is 2.32. The number of carbonyl (C=O) groups excluding carboxylic acids is 1. The Bertz CT molecular complexity index is 2210. The number of hydrogen-bond donors (Lipinski definition) is 3. The van der Waals surface area contributed by atoms with E-state index < -0.39 is 11.2 Å². The number of fused-ring (bicyclic) bond motifs is 1. The lowest BCUT2D eigenvalue weighted by Gasteiger charge is -2.36. The van der Waals surface area contributed by atoms with E-state index in [1.54, 1.807) is 17.7 Å². The minimum atomic E-state index is -0.462. The number of rotatable bonds is 11. The molecule has 0 spiro atoms. The normalized spacial score (nSPS) is 15.4. The summed E-state index contributed by atoms with van der Waals surface area (Å²) in [6.07, 6.45) is 9.89. The van der Waals surface area contributed by atoms with Crippen LogP contribution in [0.15, 0.2) is 75.4 Å². The van der Waals surface area contributed by atoms with E-state index in [1.165, 1.54) is 23.8 Å². The minimum absolute atomic E-state index is 0.0194. The lowest BCUT2D eigenvalue weighted by molar-refractivity contribution is 0.101. The first-order chi connectivity index (χ1) is 24.7. The second-order valence-corrected chi connectivity index (χ2v) is 13.3. The van der Waals surface area contributed by atoms with Crippen LogP contribution in [-0.2, 0) is 0 Å². The number of pyridine rings is 2. The summed E-state index contributed by atoms with van der Waals surface area (Å²) >= 11 is 0. The Morgan fingerprint density at radius 1 is 0.922 bits per heavy atom. The Hall–Kier alpha value is -5.63. The molecule has 5 aromatic rings. The molecule has 14 nitrogen and oxygen atoms in total. The molecule has 0 bridgehead atoms. The molecule has 1 aliphatic heterocycles. The topological polar surface area (TPSA) is 163 Å². The van der Waals surface area contributed by atoms with Gasteiger partial charge < -0.3 is 15.5 Å². The number of piperazine rings is 1. The molecule has 0 atom stereocenters. The summed E-state index contributed by atoms with van der Waals surface area (Å²) in [5.41, 5.74) is 2.96. The number of carbonyl (C=O) groups is 1. The quantitative estimate of drug-likeness (QED) is 0.136. The summed E-state index contributed by atoms with van der Waals surface area (Å²) in [6, 6.07) is 12.9. The van der Waals surface area contributed by atoms with Gasteiger partial charge >= 0.3 is 5.69 Å². The first kappa shape index (κ1) is 33.8. The summed E-state index contributed by atoms with van der Waals surface area (Å²) in [5, 5.41) is 7.37. The third kappa shape index (κ3) is 7.31. The predicted octanol–water partition coefficient (Wildman–Crippen LogP) is 4.02. The van der Waals surface area contributed by atoms with Crippen LogP contribution in [0, 0.1) is 6.92 Å². The van der Waals surface area contributed by atoms with Gasteiger partial charge in [-0.05, 0) is 81.6 Å². The molecule has 7 rings (SSSR count). The first-order valence-electron chi connectivity index (χ1n) is 17.5. The van der Waals surface area contributed by atoms with Crippen LogP contribution in [0.4, 0.5) is 23.1 Å². The molecule has 1 saturated heterocycles. The third-order valence-corrected chi connectivity index (χ3v) is 9.93. The van der Waals surface area contributed by atoms with E-state index in [1.807, 2.05) is 42.6 Å². The van der Waals surface area contributed by atoms with E-state index in [4.69, 9.17) is 4.98 Å². The van der Waals surface area contributed by atoms with Gasteiger partial charge in [-0.2, -0.15) is 4.98 Å². The van der Waals surface area contributed by atoms with Crippen LogP contribution in [-0.4, -0.2) is 79.0 Å². The summed E-state index contributed by atoms with van der Waals surface area (Å²) < 4.78 is 3.12. The van der Waals surface area contributed by atoms with Gasteiger partial charge in [-0.15, -0.1) is 0 Å². The van der Waals surface area contributed by atoms with Gasteiger partial charge in [0, 0.05) is 68.3 Å². The van der Waals surface area contributed by atoms with E-state index in [0.29, 0.717) is 34.1 Å². The number of aromatic nitrogens is 6. The molecule has 51 heavy (non-hydrogen) atoms. The fourth-order valence-electron chi connectivity index (χ4n) is 7.20. The smallest absolute Gasteiger partial charge is 0.332 e. The van der Waals surface area contributed by atoms with Gasteiger partial charge in [0.2, 0.25) is 5.95 Å². The summed E-state index contributed by atoms with van der Waals surface area (Å²) in [4.78, 5) is 70.3. The maximum atomic E-state index is 13.5. The van der Waals surface area contributed by atoms with Crippen molar-refractivity contribution in [2.45, 2.75) is 52.0 Å². The van der Waals surface area contributed by atoms with Crippen LogP contribution in [0.2, 0.25) is 0 Å². The standard InChI is InChI=1S/C37H42N10O4/c1-24-30-23-40-36(43-34(30)47(28-6-3-4-7-28)35(50)33(24)25(2)48)41-31-13-12-29(22-39-31)45-20-18-44(19-21-45)16-5-15-38-26-8-10-27(11-9-26)46-17-14-32(49)42-37(46)51/h8-14,17,22-23,28,38H,3-7,15-16,18-21H2,1-2H3,(H,42,49,51)(H,39,40,41,43). The lowest BCUT2D eigenvalue weighted by atomic mass is 10.0. The molecule has 5 heterocycles. The van der Waals surface area contributed by atoms with E-state index in [2.05, 4.69) is 35.4 Å². The number of H-pyrrole nitrogens is 1. The van der Waals surface area contributed by atoms with Gasteiger partial charge in [0.25, 0.3) is 11.1 Å². The van der Waals surface area contributed by atoms with Crippen LogP contribution in [0.3, 0.4) is 0 Å². The SMILES string of the molecule is CC(=O)c1c(C)c2cnc(Nc3ccc(N4CCN(CCCNc5ccc(-n6ccc(=O)[nH]c6=O)cc5)CC4)cn3)nc2n(C2CCCC2)c1=O. The predicted molar refractivity (Wildman–Crippen MR) is 198 cm³/mol. The second kappa shape index (κ2) is 14.7. The van der Waals surface area contributed by atoms with Crippen LogP contribution in [0.25, 0.3) is 16.7 Å². The average molecular weight is 691 g/mol. The van der Waals surface area contributed by atoms with E-state index in [9.17, 15) is 19.2 Å². The van der Waals surface area contributed by atoms with Crippen LogP contribution >= 0.6 is 0 Å². The number of ketones is 1. The van der Waals surface area contributed by atoms with Gasteiger partial charge in [-0.1, -0.05) is 12.8 Å². The van der Waals surface area contributed by atoms with Gasteiger partial charge in [0.1, 0.15) is 11.5 Å². The highest BCUT2D eigenvalue weighted by atomic mass is 16.2. The van der Waals surface area contributed by atoms with Crippen molar-refractivity contribution >= 4 is 40.0 Å². The molecule has 0 amide bonds. The Balaban J connectivity index is 0.911. The van der Waals surface area contributed by atoms with Gasteiger partial charge in [0.15, 0.2) is 5.78 Å². The molecule has 2 aliphatic rings. The highest BCUT2D eigenvalue weighted by molar-refractivity contribution is 5.99. The van der Waals surface area contributed by atoms with Gasteiger partial charge in [-0.25, -0.2) is 14.8 Å². The van der Waals surface area contributed by atoms with Crippen LogP contribution in [0.5, 0.6) is 0 Å². The summed E-state index contributed by atoms with van der Waals surface area (Å²) in [5.74, 6) is 0.723. The van der Waals surface area contributed by atoms with Crippen LogP contribution in [0.1, 0.15) is 61.0 Å². The van der Waals surface area contributed by atoms with Crippen molar-refractivity contribution in [1.29, 1.82) is 0 Å². The molecular formula is C37H42N10O4. The number of nitrogens with zero attached hydrogens (tertiary/aromatic N) is 7. The largest absolute Gasteiger partial charge is 0.385 e. The number of anilines is 4. The molecular weight excluding hydrogens is 648 g/mol. The van der Waals surface area contributed by atoms with Crippen LogP contribution < -0.4 is 32.3 Å². The molecule has 1 saturated carbocycles. The van der Waals surface area contributed by atoms with E-state index in [0.717, 1.165) is 82.7 Å². The number of hydrogen-bond acceptors (Lipinski definition) is 11. The molecule has 0 unspecified atom stereocenters. The Morgan fingerprint density at radius 2 is 1.67 bits per heavy atom. The van der Waals surface area contributed by atoms with Gasteiger partial charge in [0.05, 0.1) is 23.1 Å². The molecule has 3 N–H and O–H groups in total. The van der Waals surface area contributed by atoms with E-state index in [-0.39, 0.29) is 22.9 Å². The van der Waals surface area contributed by atoms with Crippen molar-refractivity contribution in [2.75, 3.05) is 54.8 Å². The number of Topliss-reactive ketones (excluding diaryl/α,β-unsaturated/α-hetero) is 1. The summed E-state index contributed by atoms with van der Waals surface area (Å²) in [7, 11) is 0. The van der Waals surface area contributed by atoms with Crippen molar-refractivity contribution < 1.29 is 4.79 Å². The Labute approximate surface area is 294 Å². The number of benzene rings is 1. The van der Waals surface area contributed by atoms with Crippen molar-refractivity contribution in [3.8, 4) is 5.69 Å². The molecule has 0 radical (unpaired) electrons. The van der Waals surface area contributed by atoms with Crippen molar-refractivity contribution in [2.24, 2.45) is 0 Å². The maximum Gasteiger partial charge on any atom is 0.332 e. The number of aryl methyl sites for hydroxylation is 1. The lowest BCUT2D eigenvalue weighted by Crippen LogP contribution is -2.46. The van der Waals surface area contributed by atoms with Crippen molar-refractivity contribution in [1.82, 2.24) is 34.0 Å². The monoisotopic (exact) mass is 690 g/mol. The zero-order chi connectivity index (χ0) is 35.5. The minimum Gasteiger partial charge on any atom is -0.385 e. The van der Waals surface area contributed by atoms with E-state index >= 15 is 0 Å². The molecule has 264 valence electrons. The molecule has 1 aromatic carbocycles. The highest BCUT2D eigenvalue weighted by Gasteiger charge is 2.26. The number of aromatic amines is 1. The first-order valence-corrected chi connectivity index (χ1v) is 17.5.